The Hall–Kier alpha value is -3.13. The van der Waals surface area contributed by atoms with Crippen LogP contribution in [0.25, 0.3) is 11.1 Å². The minimum Gasteiger partial charge on any atom is -0.442 e. The van der Waals surface area contributed by atoms with E-state index in [0.29, 0.717) is 26.3 Å². The zero-order valence-corrected chi connectivity index (χ0v) is 18.1. The van der Waals surface area contributed by atoms with E-state index >= 15 is 0 Å². The lowest BCUT2D eigenvalue weighted by atomic mass is 10.1. The molecule has 4 rings (SSSR count). The van der Waals surface area contributed by atoms with Gasteiger partial charge in [-0.25, -0.2) is 23.5 Å². The lowest BCUT2D eigenvalue weighted by molar-refractivity contribution is 0.0362. The highest BCUT2D eigenvalue weighted by Gasteiger charge is 2.23. The molecule has 32 heavy (non-hydrogen) atoms. The van der Waals surface area contributed by atoms with Crippen LogP contribution < -0.4 is 16.0 Å². The summed E-state index contributed by atoms with van der Waals surface area (Å²) in [6.45, 7) is 5.52. The first-order chi connectivity index (χ1) is 15.2. The lowest BCUT2D eigenvalue weighted by Gasteiger charge is -2.26. The van der Waals surface area contributed by atoms with Crippen LogP contribution in [0.1, 0.15) is 16.1 Å². The normalized spacial score (nSPS) is 15.2. The topological polar surface area (TPSA) is 163 Å². The average Bonchev–Trinajstić information content (AvgIpc) is 3.10. The number of sulfonamides is 1. The van der Waals surface area contributed by atoms with Crippen molar-refractivity contribution in [3.63, 3.8) is 0 Å². The molecule has 1 saturated heterocycles. The highest BCUT2D eigenvalue weighted by atomic mass is 32.2. The predicted octanol–water partition coefficient (Wildman–Crippen LogP) is -0.0752. The van der Waals surface area contributed by atoms with Gasteiger partial charge in [0.1, 0.15) is 17.5 Å². The van der Waals surface area contributed by atoms with E-state index in [1.54, 1.807) is 6.92 Å². The second-order valence-electron chi connectivity index (χ2n) is 7.29. The van der Waals surface area contributed by atoms with E-state index in [2.05, 4.69) is 20.2 Å². The molecule has 3 aromatic rings. The quantitative estimate of drug-likeness (QED) is 0.510. The van der Waals surface area contributed by atoms with Gasteiger partial charge in [0.15, 0.2) is 5.03 Å². The lowest BCUT2D eigenvalue weighted by Crippen LogP contribution is -2.39. The van der Waals surface area contributed by atoms with Crippen molar-refractivity contribution in [3.8, 4) is 0 Å². The number of pyridine rings is 1. The van der Waals surface area contributed by atoms with Gasteiger partial charge in [0.2, 0.25) is 5.71 Å². The largest absolute Gasteiger partial charge is 0.442 e. The molecule has 0 bridgehead atoms. The van der Waals surface area contributed by atoms with Gasteiger partial charge in [-0.15, -0.1) is 0 Å². The second kappa shape index (κ2) is 8.78. The summed E-state index contributed by atoms with van der Waals surface area (Å²) in [5, 5.41) is 7.37. The summed E-state index contributed by atoms with van der Waals surface area (Å²) >= 11 is 0. The number of ether oxygens (including phenoxy) is 1. The van der Waals surface area contributed by atoms with Crippen molar-refractivity contribution >= 4 is 32.7 Å². The Balaban J connectivity index is 1.59. The van der Waals surface area contributed by atoms with Crippen molar-refractivity contribution in [2.75, 3.05) is 38.2 Å². The van der Waals surface area contributed by atoms with Crippen molar-refractivity contribution < 1.29 is 22.4 Å². The fourth-order valence-electron chi connectivity index (χ4n) is 3.46. The molecule has 0 radical (unpaired) electrons. The van der Waals surface area contributed by atoms with Crippen LogP contribution in [0.3, 0.4) is 0 Å². The molecule has 0 saturated carbocycles. The van der Waals surface area contributed by atoms with Crippen LogP contribution in [0.4, 0.5) is 5.69 Å². The summed E-state index contributed by atoms with van der Waals surface area (Å²) in [6.07, 6.45) is 2.57. The summed E-state index contributed by atoms with van der Waals surface area (Å²) in [7, 11) is -3.95. The molecule has 0 unspecified atom stereocenters. The summed E-state index contributed by atoms with van der Waals surface area (Å²) in [5.74, 6) is -0.363. The number of rotatable bonds is 6. The Kier molecular flexibility index (Phi) is 6.06. The molecule has 170 valence electrons. The SMILES string of the molecule is Cc1oc2ncn(CCN3CCOCC3)c(=O)c2c1C(=O)Nc1ccc(S(N)(=O)=O)nc1. The summed E-state index contributed by atoms with van der Waals surface area (Å²) < 4.78 is 35.0. The molecule has 13 heteroatoms. The van der Waals surface area contributed by atoms with Crippen molar-refractivity contribution in [1.82, 2.24) is 19.4 Å². The first-order valence-electron chi connectivity index (χ1n) is 9.83. The van der Waals surface area contributed by atoms with E-state index in [1.165, 1.54) is 23.0 Å². The molecule has 0 aliphatic carbocycles. The van der Waals surface area contributed by atoms with E-state index in [0.717, 1.165) is 19.3 Å². The number of fused-ring (bicyclic) bond motifs is 1. The molecule has 1 aliphatic heterocycles. The number of nitrogens with zero attached hydrogens (tertiary/aromatic N) is 4. The Morgan fingerprint density at radius 1 is 1.22 bits per heavy atom. The fourth-order valence-corrected chi connectivity index (χ4v) is 3.92. The number of morpholine rings is 1. The molecule has 12 nitrogen and oxygen atoms in total. The summed E-state index contributed by atoms with van der Waals surface area (Å²) in [4.78, 5) is 36.1. The monoisotopic (exact) mass is 462 g/mol. The Labute approximate surface area is 183 Å². The standard InChI is InChI=1S/C19H22N6O6S/c1-12-15(17(26)23-13-2-3-14(21-10-13)32(20,28)29)16-18(31-12)22-11-25(19(16)27)5-4-24-6-8-30-9-7-24/h2-3,10-11H,4-9H2,1H3,(H,23,26)(H2,20,28,29). The van der Waals surface area contributed by atoms with Crippen LogP contribution in [0.5, 0.6) is 0 Å². The van der Waals surface area contributed by atoms with E-state index in [9.17, 15) is 18.0 Å². The average molecular weight is 462 g/mol. The van der Waals surface area contributed by atoms with E-state index in [4.69, 9.17) is 14.3 Å². The number of primary sulfonamides is 1. The van der Waals surface area contributed by atoms with Gasteiger partial charge < -0.3 is 14.5 Å². The molecule has 4 heterocycles. The van der Waals surface area contributed by atoms with Crippen LogP contribution >= 0.6 is 0 Å². The van der Waals surface area contributed by atoms with Crippen molar-refractivity contribution in [2.45, 2.75) is 18.5 Å². The Morgan fingerprint density at radius 2 is 1.97 bits per heavy atom. The van der Waals surface area contributed by atoms with E-state index in [-0.39, 0.29) is 38.7 Å². The molecular formula is C19H22N6O6S. The van der Waals surface area contributed by atoms with Crippen molar-refractivity contribution in [2.24, 2.45) is 5.14 Å². The third kappa shape index (κ3) is 4.55. The predicted molar refractivity (Wildman–Crippen MR) is 114 cm³/mol. The summed E-state index contributed by atoms with van der Waals surface area (Å²) in [5.41, 5.74) is -0.0163. The number of hydrogen-bond acceptors (Lipinski definition) is 9. The highest BCUT2D eigenvalue weighted by molar-refractivity contribution is 7.89. The van der Waals surface area contributed by atoms with Crippen LogP contribution in [-0.2, 0) is 21.3 Å². The number of carbonyl (C=O) groups is 1. The zero-order chi connectivity index (χ0) is 22.9. The number of aromatic nitrogens is 3. The first kappa shape index (κ1) is 22.1. The van der Waals surface area contributed by atoms with E-state index < -0.39 is 15.9 Å². The molecule has 3 aromatic heterocycles. The number of nitrogens with one attached hydrogen (secondary N) is 1. The second-order valence-corrected chi connectivity index (χ2v) is 8.80. The first-order valence-corrected chi connectivity index (χ1v) is 11.4. The number of furan rings is 1. The third-order valence-corrected chi connectivity index (χ3v) is 5.95. The molecule has 0 atom stereocenters. The number of anilines is 1. The minimum absolute atomic E-state index is 0.0637. The highest BCUT2D eigenvalue weighted by Crippen LogP contribution is 2.22. The van der Waals surface area contributed by atoms with Crippen LogP contribution in [0, 0.1) is 6.92 Å². The van der Waals surface area contributed by atoms with Gasteiger partial charge >= 0.3 is 0 Å². The molecule has 1 fully saturated rings. The van der Waals surface area contributed by atoms with Gasteiger partial charge in [0.25, 0.3) is 21.5 Å². The van der Waals surface area contributed by atoms with Gasteiger partial charge in [0, 0.05) is 26.2 Å². The minimum atomic E-state index is -3.95. The maximum absolute atomic E-state index is 13.1. The number of amides is 1. The third-order valence-electron chi connectivity index (χ3n) is 5.13. The number of nitrogens with two attached hydrogens (primary N) is 1. The molecule has 3 N–H and O–H groups in total. The maximum Gasteiger partial charge on any atom is 0.265 e. The Bertz CT molecular complexity index is 1310. The van der Waals surface area contributed by atoms with Gasteiger partial charge in [0.05, 0.1) is 30.7 Å². The molecule has 1 aliphatic rings. The summed E-state index contributed by atoms with van der Waals surface area (Å²) in [6, 6.07) is 2.52. The fraction of sp³-hybridized carbons (Fsp3) is 0.368. The van der Waals surface area contributed by atoms with Gasteiger partial charge in [-0.2, -0.15) is 0 Å². The van der Waals surface area contributed by atoms with Crippen LogP contribution in [0.2, 0.25) is 0 Å². The molecular weight excluding hydrogens is 440 g/mol. The van der Waals surface area contributed by atoms with Crippen LogP contribution in [-0.4, -0.2) is 66.6 Å². The van der Waals surface area contributed by atoms with Gasteiger partial charge in [-0.3, -0.25) is 19.1 Å². The number of carbonyl (C=O) groups excluding carboxylic acids is 1. The number of hydrogen-bond donors (Lipinski definition) is 2. The molecule has 0 spiro atoms. The van der Waals surface area contributed by atoms with Crippen molar-refractivity contribution in [3.05, 3.63) is 46.3 Å². The zero-order valence-electron chi connectivity index (χ0n) is 17.3. The van der Waals surface area contributed by atoms with Gasteiger partial charge in [-0.05, 0) is 19.1 Å². The molecule has 0 aromatic carbocycles. The van der Waals surface area contributed by atoms with Crippen LogP contribution in [0.15, 0.2) is 38.9 Å². The smallest absolute Gasteiger partial charge is 0.265 e. The van der Waals surface area contributed by atoms with Gasteiger partial charge in [-0.1, -0.05) is 0 Å². The van der Waals surface area contributed by atoms with Crippen molar-refractivity contribution in [1.29, 1.82) is 0 Å². The number of aryl methyl sites for hydroxylation is 1. The maximum atomic E-state index is 13.1. The van der Waals surface area contributed by atoms with E-state index in [1.807, 2.05) is 0 Å². The Morgan fingerprint density at radius 3 is 2.62 bits per heavy atom. The molecule has 1 amide bonds.